The summed E-state index contributed by atoms with van der Waals surface area (Å²) in [5, 5.41) is 10.6. The highest BCUT2D eigenvalue weighted by Crippen LogP contribution is 2.45. The van der Waals surface area contributed by atoms with Crippen LogP contribution >= 0.6 is 15.6 Å². The third kappa shape index (κ3) is 69.2. The molecule has 96 heavy (non-hydrogen) atoms. The summed E-state index contributed by atoms with van der Waals surface area (Å²) in [6, 6.07) is 0. The van der Waals surface area contributed by atoms with Crippen molar-refractivity contribution in [3.05, 3.63) is 0 Å². The Morgan fingerprint density at radius 1 is 0.302 bits per heavy atom. The van der Waals surface area contributed by atoms with Crippen molar-refractivity contribution < 1.29 is 80.2 Å². The molecule has 0 bridgehead atoms. The van der Waals surface area contributed by atoms with Gasteiger partial charge in [0.15, 0.2) is 12.2 Å². The van der Waals surface area contributed by atoms with Gasteiger partial charge in [0.1, 0.15) is 19.3 Å². The van der Waals surface area contributed by atoms with Crippen molar-refractivity contribution in [1.82, 2.24) is 0 Å². The zero-order chi connectivity index (χ0) is 70.9. The molecule has 3 unspecified atom stereocenters. The summed E-state index contributed by atoms with van der Waals surface area (Å²) in [4.78, 5) is 72.8. The Morgan fingerprint density at radius 3 is 0.792 bits per heavy atom. The third-order valence-corrected chi connectivity index (χ3v) is 20.1. The van der Waals surface area contributed by atoms with Crippen molar-refractivity contribution in [3.8, 4) is 0 Å². The molecule has 0 aliphatic heterocycles. The predicted octanol–water partition coefficient (Wildman–Crippen LogP) is 22.6. The fraction of sp³-hybridized carbons (Fsp3) is 0.948. The molecular weight excluding hydrogens is 1260 g/mol. The number of hydrogen-bond acceptors (Lipinski definition) is 15. The molecule has 19 heteroatoms. The lowest BCUT2D eigenvalue weighted by Crippen LogP contribution is -2.30. The summed E-state index contributed by atoms with van der Waals surface area (Å²) < 4.78 is 68.5. The number of aliphatic hydroxyl groups excluding tert-OH is 1. The highest BCUT2D eigenvalue weighted by atomic mass is 31.2. The monoisotopic (exact) mass is 1410 g/mol. The summed E-state index contributed by atoms with van der Waals surface area (Å²) >= 11 is 0. The van der Waals surface area contributed by atoms with Gasteiger partial charge in [0.05, 0.1) is 26.4 Å². The van der Waals surface area contributed by atoms with Gasteiger partial charge in [-0.25, -0.2) is 9.13 Å². The van der Waals surface area contributed by atoms with Crippen molar-refractivity contribution in [3.63, 3.8) is 0 Å². The molecule has 17 nitrogen and oxygen atoms in total. The second kappa shape index (κ2) is 67.5. The van der Waals surface area contributed by atoms with E-state index in [0.717, 1.165) is 108 Å². The van der Waals surface area contributed by atoms with Gasteiger partial charge in [0.25, 0.3) is 0 Å². The van der Waals surface area contributed by atoms with E-state index in [0.29, 0.717) is 25.7 Å². The number of aliphatic hydroxyl groups is 1. The highest BCUT2D eigenvalue weighted by molar-refractivity contribution is 7.47. The van der Waals surface area contributed by atoms with Crippen LogP contribution in [-0.2, 0) is 65.4 Å². The van der Waals surface area contributed by atoms with Crippen LogP contribution in [0.2, 0.25) is 0 Å². The molecule has 0 aliphatic carbocycles. The smallest absolute Gasteiger partial charge is 0.462 e. The van der Waals surface area contributed by atoms with E-state index < -0.39 is 97.5 Å². The van der Waals surface area contributed by atoms with Gasteiger partial charge >= 0.3 is 39.5 Å². The Labute approximate surface area is 588 Å². The van der Waals surface area contributed by atoms with Crippen molar-refractivity contribution >= 4 is 39.5 Å². The quantitative estimate of drug-likeness (QED) is 0.0222. The van der Waals surface area contributed by atoms with E-state index in [2.05, 4.69) is 48.5 Å². The van der Waals surface area contributed by atoms with Gasteiger partial charge < -0.3 is 33.8 Å². The number of rotatable bonds is 75. The van der Waals surface area contributed by atoms with E-state index in [9.17, 15) is 43.2 Å². The Balaban J connectivity index is 5.23. The first-order valence-corrected chi connectivity index (χ1v) is 42.9. The Bertz CT molecular complexity index is 1870. The first kappa shape index (κ1) is 94.1. The van der Waals surface area contributed by atoms with E-state index in [1.807, 2.05) is 0 Å². The third-order valence-electron chi connectivity index (χ3n) is 18.2. The van der Waals surface area contributed by atoms with Crippen LogP contribution in [-0.4, -0.2) is 96.7 Å². The topological polar surface area (TPSA) is 237 Å². The molecule has 0 amide bonds. The molecule has 0 saturated heterocycles. The fourth-order valence-corrected chi connectivity index (χ4v) is 13.3. The summed E-state index contributed by atoms with van der Waals surface area (Å²) in [6.45, 7) is 11.9. The van der Waals surface area contributed by atoms with Crippen LogP contribution in [0.4, 0.5) is 0 Å². The minimum atomic E-state index is -4.96. The lowest BCUT2D eigenvalue weighted by atomic mass is 9.99. The van der Waals surface area contributed by atoms with Gasteiger partial charge in [-0.3, -0.25) is 37.3 Å². The van der Waals surface area contributed by atoms with Crippen molar-refractivity contribution in [2.24, 2.45) is 17.8 Å². The molecule has 0 saturated carbocycles. The van der Waals surface area contributed by atoms with Crippen LogP contribution in [0.25, 0.3) is 0 Å². The van der Waals surface area contributed by atoms with Crippen LogP contribution in [0.5, 0.6) is 0 Å². The van der Waals surface area contributed by atoms with E-state index in [1.165, 1.54) is 205 Å². The first-order chi connectivity index (χ1) is 46.3. The SMILES string of the molecule is CCCCCCCCCCCCCCCCCCCCCCC(=O)O[C@H](COC(=O)CCCCCCCCCCCCC(C)CC)COP(=O)(O)OC[C@@H](O)COP(=O)(O)OC[C@@H](COC(=O)CCCCCCCCCCC(C)C)OC(=O)CCCCCCCCCCC(C)C. The van der Waals surface area contributed by atoms with E-state index in [1.54, 1.807) is 0 Å². The highest BCUT2D eigenvalue weighted by Gasteiger charge is 2.30. The number of phosphoric ester groups is 2. The maximum Gasteiger partial charge on any atom is 0.472 e. The van der Waals surface area contributed by atoms with Crippen molar-refractivity contribution in [1.29, 1.82) is 0 Å². The van der Waals surface area contributed by atoms with Crippen LogP contribution in [0.1, 0.15) is 395 Å². The molecule has 3 N–H and O–H groups in total. The molecule has 0 aromatic rings. The summed E-state index contributed by atoms with van der Waals surface area (Å²) in [5.74, 6) is 0.134. The minimum Gasteiger partial charge on any atom is -0.462 e. The molecule has 570 valence electrons. The average molecular weight is 1410 g/mol. The van der Waals surface area contributed by atoms with Crippen LogP contribution in [0, 0.1) is 17.8 Å². The van der Waals surface area contributed by atoms with E-state index >= 15 is 0 Å². The zero-order valence-electron chi connectivity index (χ0n) is 62.8. The lowest BCUT2D eigenvalue weighted by molar-refractivity contribution is -0.161. The Hall–Kier alpha value is -1.94. The summed E-state index contributed by atoms with van der Waals surface area (Å²) in [6.07, 6.45) is 54.2. The number of carbonyl (C=O) groups is 4. The molecule has 0 aromatic heterocycles. The molecule has 0 radical (unpaired) electrons. The van der Waals surface area contributed by atoms with Gasteiger partial charge in [-0.2, -0.15) is 0 Å². The van der Waals surface area contributed by atoms with Crippen LogP contribution in [0.15, 0.2) is 0 Å². The standard InChI is InChI=1S/C77H150O17P2/c1-8-10-11-12-13-14-15-16-17-18-19-20-21-22-23-24-29-39-46-53-60-76(81)93-72(64-87-74(79)58-51-44-37-28-26-25-27-36-43-50-57-70(7)9-2)66-91-95(83,84)89-62-71(78)63-90-96(85,86)92-67-73(94-77(82)61-54-47-40-33-31-35-42-49-56-69(5)6)65-88-75(80)59-52-45-38-32-30-34-41-48-55-68(3)4/h68-73,78H,8-67H2,1-7H3,(H,83,84)(H,85,86)/t70?,71-,72-,73-/m1/s1. The second-order valence-corrected chi connectivity index (χ2v) is 31.8. The molecular formula is C77H150O17P2. The van der Waals surface area contributed by atoms with E-state index in [-0.39, 0.29) is 25.7 Å². The first-order valence-electron chi connectivity index (χ1n) is 39.9. The van der Waals surface area contributed by atoms with E-state index in [4.69, 9.17) is 37.0 Å². The summed E-state index contributed by atoms with van der Waals surface area (Å²) in [5.41, 5.74) is 0. The molecule has 0 rings (SSSR count). The van der Waals surface area contributed by atoms with Crippen LogP contribution < -0.4 is 0 Å². The molecule has 0 aromatic carbocycles. The number of esters is 4. The molecule has 0 heterocycles. The second-order valence-electron chi connectivity index (χ2n) is 28.9. The molecule has 0 spiro atoms. The summed E-state index contributed by atoms with van der Waals surface area (Å²) in [7, 11) is -9.91. The lowest BCUT2D eigenvalue weighted by Gasteiger charge is -2.21. The van der Waals surface area contributed by atoms with Crippen molar-refractivity contribution in [2.75, 3.05) is 39.6 Å². The number of ether oxygens (including phenoxy) is 4. The number of unbranched alkanes of at least 4 members (excludes halogenated alkanes) is 42. The van der Waals surface area contributed by atoms with Gasteiger partial charge in [-0.1, -0.05) is 344 Å². The maximum atomic E-state index is 13.1. The predicted molar refractivity (Wildman–Crippen MR) is 391 cm³/mol. The Morgan fingerprint density at radius 2 is 0.531 bits per heavy atom. The normalized spacial score (nSPS) is 14.3. The average Bonchev–Trinajstić information content (AvgIpc) is 1.64. The molecule has 0 fully saturated rings. The fourth-order valence-electron chi connectivity index (χ4n) is 11.7. The Kier molecular flexibility index (Phi) is 66.2. The van der Waals surface area contributed by atoms with Gasteiger partial charge in [-0.15, -0.1) is 0 Å². The van der Waals surface area contributed by atoms with Crippen LogP contribution in [0.3, 0.4) is 0 Å². The molecule has 0 aliphatic rings. The number of phosphoric acid groups is 2. The van der Waals surface area contributed by atoms with Gasteiger partial charge in [-0.05, 0) is 43.4 Å². The number of carbonyl (C=O) groups excluding carboxylic acids is 4. The molecule has 6 atom stereocenters. The maximum absolute atomic E-state index is 13.1. The zero-order valence-corrected chi connectivity index (χ0v) is 64.6. The van der Waals surface area contributed by atoms with Gasteiger partial charge in [0, 0.05) is 25.7 Å². The minimum absolute atomic E-state index is 0.104. The van der Waals surface area contributed by atoms with Crippen molar-refractivity contribution in [2.45, 2.75) is 414 Å². The largest absolute Gasteiger partial charge is 0.472 e. The number of hydrogen-bond donors (Lipinski definition) is 3. The van der Waals surface area contributed by atoms with Gasteiger partial charge in [0.2, 0.25) is 0 Å².